The van der Waals surface area contributed by atoms with Gasteiger partial charge in [-0.15, -0.1) is 0 Å². The molecule has 0 saturated heterocycles. The van der Waals surface area contributed by atoms with Gasteiger partial charge in [0.05, 0.1) is 12.2 Å². The Kier molecular flexibility index (Phi) is 13.8. The molecular formula is C8H20N2O10S2. The zero-order valence-corrected chi connectivity index (χ0v) is 14.0. The normalized spacial score (nSPS) is 11.6. The molecule has 0 aliphatic carbocycles. The molecule has 0 atom stereocenters. The maximum Gasteiger partial charge on any atom is 0.402 e. The molecule has 0 aromatic rings. The van der Waals surface area contributed by atoms with Crippen molar-refractivity contribution in [3.05, 3.63) is 0 Å². The highest BCUT2D eigenvalue weighted by Gasteiger charge is 2.13. The van der Waals surface area contributed by atoms with Crippen LogP contribution in [0.4, 0.5) is 0 Å². The molecule has 0 saturated carbocycles. The number of nitriles is 1. The molecular weight excluding hydrogens is 348 g/mol. The van der Waals surface area contributed by atoms with Gasteiger partial charge in [0.1, 0.15) is 5.60 Å². The Morgan fingerprint density at radius 2 is 1.55 bits per heavy atom. The van der Waals surface area contributed by atoms with Crippen molar-refractivity contribution in [2.75, 3.05) is 6.79 Å². The minimum atomic E-state index is -4.67. The number of rotatable bonds is 5. The van der Waals surface area contributed by atoms with Gasteiger partial charge >= 0.3 is 20.8 Å². The molecule has 5 N–H and O–H groups in total. The summed E-state index contributed by atoms with van der Waals surface area (Å²) in [5.74, 6) is 4.52. The molecule has 0 bridgehead atoms. The number of nitrogens with two attached hydrogens (primary N) is 1. The highest BCUT2D eigenvalue weighted by molar-refractivity contribution is 7.81. The largest absolute Gasteiger partial charge is 0.402 e. The molecule has 0 aromatic carbocycles. The van der Waals surface area contributed by atoms with Gasteiger partial charge in [0.25, 0.3) is 0 Å². The van der Waals surface area contributed by atoms with Crippen molar-refractivity contribution >= 4 is 20.8 Å². The van der Waals surface area contributed by atoms with E-state index in [2.05, 4.69) is 19.1 Å². The first-order valence-electron chi connectivity index (χ1n) is 5.27. The lowest BCUT2D eigenvalue weighted by molar-refractivity contribution is 0.00548. The molecule has 12 nitrogen and oxygen atoms in total. The summed E-state index contributed by atoms with van der Waals surface area (Å²) in [6.07, 6.45) is -0.460. The molecule has 0 aliphatic rings. The maximum atomic E-state index is 10.6. The van der Waals surface area contributed by atoms with Crippen LogP contribution >= 0.6 is 0 Å². The monoisotopic (exact) mass is 368 g/mol. The molecule has 0 aromatic heterocycles. The maximum absolute atomic E-state index is 10.6. The van der Waals surface area contributed by atoms with E-state index in [0.29, 0.717) is 0 Å². The molecule has 134 valence electrons. The van der Waals surface area contributed by atoms with Crippen LogP contribution < -0.4 is 5.90 Å². The molecule has 0 heterocycles. The Hall–Kier alpha value is -0.890. The average molecular weight is 368 g/mol. The third kappa shape index (κ3) is 42.7. The van der Waals surface area contributed by atoms with Gasteiger partial charge in [-0.2, -0.15) is 22.1 Å². The van der Waals surface area contributed by atoms with Crippen LogP contribution in [0.1, 0.15) is 27.7 Å². The fourth-order valence-electron chi connectivity index (χ4n) is 0.350. The van der Waals surface area contributed by atoms with Crippen molar-refractivity contribution in [3.8, 4) is 6.07 Å². The minimum absolute atomic E-state index is 0.460. The zero-order chi connectivity index (χ0) is 18.6. The molecule has 0 unspecified atom stereocenters. The molecule has 0 aliphatic heterocycles. The Bertz CT molecular complexity index is 506. The van der Waals surface area contributed by atoms with Gasteiger partial charge in [-0.3, -0.25) is 13.9 Å². The molecule has 0 amide bonds. The Labute approximate surface area is 129 Å². The van der Waals surface area contributed by atoms with Crippen molar-refractivity contribution in [1.82, 2.24) is 0 Å². The Morgan fingerprint density at radius 1 is 1.23 bits per heavy atom. The van der Waals surface area contributed by atoms with Crippen LogP contribution in [0.2, 0.25) is 0 Å². The third-order valence-corrected chi connectivity index (χ3v) is 1.85. The van der Waals surface area contributed by atoms with Gasteiger partial charge in [-0.1, -0.05) is 0 Å². The van der Waals surface area contributed by atoms with Gasteiger partial charge in [0, 0.05) is 0 Å². The van der Waals surface area contributed by atoms with Gasteiger partial charge in [0.15, 0.2) is 6.79 Å². The quantitative estimate of drug-likeness (QED) is 0.202. The first kappa shape index (κ1) is 26.0. The predicted molar refractivity (Wildman–Crippen MR) is 72.5 cm³/mol. The summed E-state index contributed by atoms with van der Waals surface area (Å²) in [4.78, 5) is 3.88. The summed E-state index contributed by atoms with van der Waals surface area (Å²) in [6, 6.07) is 1.66. The van der Waals surface area contributed by atoms with Crippen LogP contribution in [0, 0.1) is 11.3 Å². The summed E-state index contributed by atoms with van der Waals surface area (Å²) in [7, 11) is -8.61. The summed E-state index contributed by atoms with van der Waals surface area (Å²) < 4.78 is 61.3. The third-order valence-electron chi connectivity index (χ3n) is 0.844. The van der Waals surface area contributed by atoms with E-state index in [-0.39, 0.29) is 0 Å². The van der Waals surface area contributed by atoms with Crippen LogP contribution in [0.5, 0.6) is 0 Å². The lowest BCUT2D eigenvalue weighted by Gasteiger charge is -2.06. The lowest BCUT2D eigenvalue weighted by Crippen LogP contribution is -2.17. The summed E-state index contributed by atoms with van der Waals surface area (Å²) in [6.45, 7) is 5.45. The van der Waals surface area contributed by atoms with Crippen LogP contribution in [-0.4, -0.2) is 49.5 Å². The van der Waals surface area contributed by atoms with Crippen LogP contribution in [0.15, 0.2) is 0 Å². The van der Waals surface area contributed by atoms with Crippen LogP contribution in [0.25, 0.3) is 0 Å². The van der Waals surface area contributed by atoms with Crippen LogP contribution in [0.3, 0.4) is 0 Å². The van der Waals surface area contributed by atoms with E-state index in [1.165, 1.54) is 13.8 Å². The molecule has 0 radical (unpaired) electrons. The van der Waals surface area contributed by atoms with E-state index in [4.69, 9.17) is 27.9 Å². The smallest absolute Gasteiger partial charge is 0.376 e. The van der Waals surface area contributed by atoms with E-state index in [0.717, 1.165) is 0 Å². The van der Waals surface area contributed by atoms with Gasteiger partial charge in [-0.05, 0) is 27.7 Å². The Morgan fingerprint density at radius 3 is 1.73 bits per heavy atom. The lowest BCUT2D eigenvalue weighted by atomic mass is 10.2. The van der Waals surface area contributed by atoms with Crippen molar-refractivity contribution in [1.29, 1.82) is 5.26 Å². The van der Waals surface area contributed by atoms with E-state index < -0.39 is 39.3 Å². The van der Waals surface area contributed by atoms with Gasteiger partial charge in [0.2, 0.25) is 0 Å². The number of hydrogen-bond acceptors (Lipinski definition) is 10. The molecule has 22 heavy (non-hydrogen) atoms. The summed E-state index contributed by atoms with van der Waals surface area (Å²) in [5, 5.41) is 16.4. The topological polar surface area (TPSA) is 206 Å². The highest BCUT2D eigenvalue weighted by Crippen LogP contribution is 2.00. The van der Waals surface area contributed by atoms with Crippen LogP contribution in [-0.2, 0) is 34.0 Å². The van der Waals surface area contributed by atoms with Crippen molar-refractivity contribution in [3.63, 3.8) is 0 Å². The standard InChI is InChI=1S/C4H11NO5S.C4H7NO.H2O4S/c1-4(2)10-11(6,7)9-3-8-5;1-4(2,6)3-5;1-5(2,3)4/h4H,3,5H2,1-2H3;6H,1-2H3;(H2,1,2,3,4). The van der Waals surface area contributed by atoms with Gasteiger partial charge in [-0.25, -0.2) is 14.3 Å². The van der Waals surface area contributed by atoms with Gasteiger partial charge < -0.3 is 5.11 Å². The van der Waals surface area contributed by atoms with E-state index in [1.54, 1.807) is 19.9 Å². The zero-order valence-electron chi connectivity index (χ0n) is 12.3. The first-order valence-corrected chi connectivity index (χ1v) is 8.00. The fraction of sp³-hybridized carbons (Fsp3) is 0.875. The predicted octanol–water partition coefficient (Wildman–Crippen LogP) is -0.851. The van der Waals surface area contributed by atoms with Crippen molar-refractivity contribution < 1.29 is 44.3 Å². The van der Waals surface area contributed by atoms with E-state index >= 15 is 0 Å². The fourth-order valence-corrected chi connectivity index (χ4v) is 1.05. The highest BCUT2D eigenvalue weighted by atomic mass is 32.3. The second kappa shape index (κ2) is 11.6. The minimum Gasteiger partial charge on any atom is -0.376 e. The second-order valence-electron chi connectivity index (χ2n) is 4.07. The number of hydrogen-bond donors (Lipinski definition) is 4. The SMILES string of the molecule is CC(C)(O)C#N.CC(C)OS(=O)(=O)OCON.O=S(=O)(O)O. The first-order chi connectivity index (χ1) is 9.54. The Balaban J connectivity index is -0.000000277. The molecule has 0 rings (SSSR count). The van der Waals surface area contributed by atoms with E-state index in [1.807, 2.05) is 0 Å². The summed E-state index contributed by atoms with van der Waals surface area (Å²) >= 11 is 0. The number of nitrogens with zero attached hydrogens (tertiary/aromatic N) is 1. The van der Waals surface area contributed by atoms with Crippen molar-refractivity contribution in [2.24, 2.45) is 5.90 Å². The van der Waals surface area contributed by atoms with Crippen molar-refractivity contribution in [2.45, 2.75) is 39.4 Å². The number of aliphatic hydroxyl groups is 1. The molecule has 14 heteroatoms. The summed E-state index contributed by atoms with van der Waals surface area (Å²) in [5.41, 5.74) is -1.15. The second-order valence-corrected chi connectivity index (χ2v) is 6.21. The molecule has 0 spiro atoms. The molecule has 0 fully saturated rings. The average Bonchev–Trinajstić information content (AvgIpc) is 2.22. The van der Waals surface area contributed by atoms with E-state index in [9.17, 15) is 8.42 Å².